The van der Waals surface area contributed by atoms with Crippen LogP contribution < -0.4 is 14.2 Å². The Bertz CT molecular complexity index is 640. The first-order valence-corrected chi connectivity index (χ1v) is 6.98. The van der Waals surface area contributed by atoms with Crippen LogP contribution in [-0.2, 0) is 0 Å². The Hall–Kier alpha value is -1.72. The van der Waals surface area contributed by atoms with Gasteiger partial charge in [-0.3, -0.25) is 0 Å². The molecule has 1 atom stereocenters. The van der Waals surface area contributed by atoms with E-state index in [1.54, 1.807) is 13.0 Å². The van der Waals surface area contributed by atoms with Gasteiger partial charge in [-0.1, -0.05) is 6.07 Å². The second-order valence-electron chi connectivity index (χ2n) is 4.48. The van der Waals surface area contributed by atoms with Gasteiger partial charge >= 0.3 is 0 Å². The first-order chi connectivity index (χ1) is 9.63. The molecule has 4 nitrogen and oxygen atoms in total. The highest BCUT2D eigenvalue weighted by Gasteiger charge is 2.14. The molecule has 2 aromatic carbocycles. The van der Waals surface area contributed by atoms with Gasteiger partial charge in [0.15, 0.2) is 11.5 Å². The first-order valence-electron chi connectivity index (χ1n) is 6.18. The molecule has 0 bridgehead atoms. The maximum Gasteiger partial charge on any atom is 0.231 e. The molecule has 1 aliphatic rings. The first kappa shape index (κ1) is 13.3. The lowest BCUT2D eigenvalue weighted by atomic mass is 10.1. The zero-order valence-corrected chi connectivity index (χ0v) is 12.4. The minimum atomic E-state index is -0.508. The number of benzene rings is 2. The lowest BCUT2D eigenvalue weighted by molar-refractivity contribution is 0.174. The molecule has 0 unspecified atom stereocenters. The van der Waals surface area contributed by atoms with Gasteiger partial charge in [-0.15, -0.1) is 0 Å². The zero-order valence-electron chi connectivity index (χ0n) is 10.8. The lowest BCUT2D eigenvalue weighted by Gasteiger charge is -2.11. The van der Waals surface area contributed by atoms with E-state index in [0.717, 1.165) is 15.8 Å². The van der Waals surface area contributed by atoms with Crippen LogP contribution in [0.5, 0.6) is 23.0 Å². The summed E-state index contributed by atoms with van der Waals surface area (Å²) in [6, 6.07) is 10.9. The van der Waals surface area contributed by atoms with Crippen LogP contribution in [0.15, 0.2) is 40.9 Å². The summed E-state index contributed by atoms with van der Waals surface area (Å²) in [6.45, 7) is 1.96. The van der Waals surface area contributed by atoms with Crippen LogP contribution in [0, 0.1) is 0 Å². The highest BCUT2D eigenvalue weighted by molar-refractivity contribution is 9.10. The summed E-state index contributed by atoms with van der Waals surface area (Å²) >= 11 is 3.44. The normalized spacial score (nSPS) is 14.2. The van der Waals surface area contributed by atoms with Crippen molar-refractivity contribution < 1.29 is 19.3 Å². The summed E-state index contributed by atoms with van der Waals surface area (Å²) in [7, 11) is 0. The molecule has 1 heterocycles. The summed E-state index contributed by atoms with van der Waals surface area (Å²) in [5, 5.41) is 9.54. The third-order valence-electron chi connectivity index (χ3n) is 3.01. The van der Waals surface area contributed by atoms with Crippen molar-refractivity contribution in [2.24, 2.45) is 0 Å². The van der Waals surface area contributed by atoms with Crippen LogP contribution in [0.1, 0.15) is 18.6 Å². The van der Waals surface area contributed by atoms with Gasteiger partial charge < -0.3 is 19.3 Å². The summed E-state index contributed by atoms with van der Waals surface area (Å²) in [6.07, 6.45) is -0.508. The summed E-state index contributed by atoms with van der Waals surface area (Å²) < 4.78 is 17.2. The summed E-state index contributed by atoms with van der Waals surface area (Å²) in [4.78, 5) is 0. The largest absolute Gasteiger partial charge is 0.456 e. The van der Waals surface area contributed by atoms with Crippen molar-refractivity contribution >= 4 is 15.9 Å². The van der Waals surface area contributed by atoms with Crippen LogP contribution in [0.25, 0.3) is 0 Å². The smallest absolute Gasteiger partial charge is 0.231 e. The molecule has 0 spiro atoms. The van der Waals surface area contributed by atoms with E-state index in [1.165, 1.54) is 0 Å². The number of aliphatic hydroxyl groups is 1. The third-order valence-corrected chi connectivity index (χ3v) is 3.63. The molecule has 0 saturated carbocycles. The molecule has 0 aromatic heterocycles. The molecule has 0 aliphatic carbocycles. The molecular weight excluding hydrogens is 324 g/mol. The minimum Gasteiger partial charge on any atom is -0.456 e. The van der Waals surface area contributed by atoms with Crippen molar-refractivity contribution in [1.82, 2.24) is 0 Å². The zero-order chi connectivity index (χ0) is 14.1. The van der Waals surface area contributed by atoms with Crippen molar-refractivity contribution in [1.29, 1.82) is 0 Å². The summed E-state index contributed by atoms with van der Waals surface area (Å²) in [5.41, 5.74) is 0.829. The van der Waals surface area contributed by atoms with Gasteiger partial charge in [0.2, 0.25) is 6.79 Å². The molecule has 1 aliphatic heterocycles. The molecule has 104 valence electrons. The van der Waals surface area contributed by atoms with E-state index in [1.807, 2.05) is 30.3 Å². The minimum absolute atomic E-state index is 0.242. The Balaban J connectivity index is 1.84. The second-order valence-corrected chi connectivity index (χ2v) is 5.34. The van der Waals surface area contributed by atoms with Crippen molar-refractivity contribution in [3.63, 3.8) is 0 Å². The fraction of sp³-hybridized carbons (Fsp3) is 0.200. The number of aliphatic hydroxyl groups excluding tert-OH is 1. The Morgan fingerprint density at radius 3 is 2.70 bits per heavy atom. The van der Waals surface area contributed by atoms with Crippen LogP contribution >= 0.6 is 15.9 Å². The monoisotopic (exact) mass is 336 g/mol. The van der Waals surface area contributed by atoms with Crippen molar-refractivity contribution in [2.75, 3.05) is 6.79 Å². The molecular formula is C15H13BrO4. The van der Waals surface area contributed by atoms with Crippen LogP contribution in [0.4, 0.5) is 0 Å². The fourth-order valence-electron chi connectivity index (χ4n) is 1.93. The summed E-state index contributed by atoms with van der Waals surface area (Å²) in [5.74, 6) is 2.74. The van der Waals surface area contributed by atoms with Gasteiger partial charge in [-0.05, 0) is 52.7 Å². The number of rotatable bonds is 3. The molecule has 20 heavy (non-hydrogen) atoms. The van der Waals surface area contributed by atoms with E-state index >= 15 is 0 Å². The third kappa shape index (κ3) is 2.59. The molecule has 3 rings (SSSR count). The Morgan fingerprint density at radius 1 is 1.15 bits per heavy atom. The maximum absolute atomic E-state index is 9.54. The van der Waals surface area contributed by atoms with Crippen LogP contribution in [-0.4, -0.2) is 11.9 Å². The van der Waals surface area contributed by atoms with Gasteiger partial charge in [0.1, 0.15) is 11.5 Å². The van der Waals surface area contributed by atoms with Crippen molar-refractivity contribution in [3.05, 3.63) is 46.4 Å². The van der Waals surface area contributed by atoms with Crippen molar-refractivity contribution in [2.45, 2.75) is 13.0 Å². The number of hydrogen-bond acceptors (Lipinski definition) is 4. The van der Waals surface area contributed by atoms with E-state index in [0.29, 0.717) is 17.2 Å². The van der Waals surface area contributed by atoms with Gasteiger partial charge in [-0.25, -0.2) is 0 Å². The Kier molecular flexibility index (Phi) is 3.54. The van der Waals surface area contributed by atoms with E-state index in [4.69, 9.17) is 14.2 Å². The van der Waals surface area contributed by atoms with E-state index in [-0.39, 0.29) is 6.79 Å². The van der Waals surface area contributed by atoms with Crippen LogP contribution in [0.2, 0.25) is 0 Å². The molecule has 0 radical (unpaired) electrons. The molecule has 0 saturated heterocycles. The number of ether oxygens (including phenoxy) is 3. The average molecular weight is 337 g/mol. The predicted molar refractivity (Wildman–Crippen MR) is 77.4 cm³/mol. The highest BCUT2D eigenvalue weighted by atomic mass is 79.9. The standard InChI is InChI=1S/C15H13BrO4/c1-9(17)10-2-4-13(12(16)6-10)20-11-3-5-14-15(7-11)19-8-18-14/h2-7,9,17H,8H2,1H3/t9-/m0/s1. The van der Waals surface area contributed by atoms with Gasteiger partial charge in [0, 0.05) is 6.07 Å². The quantitative estimate of drug-likeness (QED) is 0.919. The highest BCUT2D eigenvalue weighted by Crippen LogP contribution is 2.38. The maximum atomic E-state index is 9.54. The molecule has 5 heteroatoms. The predicted octanol–water partition coefficient (Wildman–Crippen LogP) is 4.02. The topological polar surface area (TPSA) is 47.9 Å². The second kappa shape index (κ2) is 5.34. The number of hydrogen-bond donors (Lipinski definition) is 1. The SMILES string of the molecule is C[C@H](O)c1ccc(Oc2ccc3c(c2)OCO3)c(Br)c1. The molecule has 0 amide bonds. The molecule has 1 N–H and O–H groups in total. The number of fused-ring (bicyclic) bond motifs is 1. The number of halogens is 1. The van der Waals surface area contributed by atoms with E-state index in [9.17, 15) is 5.11 Å². The van der Waals surface area contributed by atoms with Gasteiger partial charge in [0.25, 0.3) is 0 Å². The van der Waals surface area contributed by atoms with Crippen LogP contribution in [0.3, 0.4) is 0 Å². The Morgan fingerprint density at radius 2 is 1.95 bits per heavy atom. The van der Waals surface area contributed by atoms with Gasteiger partial charge in [-0.2, -0.15) is 0 Å². The molecule has 0 fully saturated rings. The van der Waals surface area contributed by atoms with Gasteiger partial charge in [0.05, 0.1) is 10.6 Å². The lowest BCUT2D eigenvalue weighted by Crippen LogP contribution is -1.93. The van der Waals surface area contributed by atoms with E-state index < -0.39 is 6.10 Å². The fourth-order valence-corrected chi connectivity index (χ4v) is 2.40. The molecule has 2 aromatic rings. The average Bonchev–Trinajstić information content (AvgIpc) is 2.88. The van der Waals surface area contributed by atoms with E-state index in [2.05, 4.69) is 15.9 Å². The van der Waals surface area contributed by atoms with Crippen molar-refractivity contribution in [3.8, 4) is 23.0 Å². The Labute approximate surface area is 125 Å².